The number of aliphatic imine (C=N–C) groups is 1. The number of ether oxygens (including phenoxy) is 1. The van der Waals surface area contributed by atoms with E-state index in [-0.39, 0.29) is 0 Å². The zero-order valence-corrected chi connectivity index (χ0v) is 11.9. The number of unbranched alkanes of at least 4 members (excludes halogenated alkanes) is 1. The maximum atomic E-state index is 5.67. The first-order valence-electron chi connectivity index (χ1n) is 6.84. The highest BCUT2D eigenvalue weighted by molar-refractivity contribution is 5.83. The molecule has 0 aliphatic carbocycles. The maximum absolute atomic E-state index is 5.67. The first-order chi connectivity index (χ1) is 8.76. The standard InChI is InChI=1S/C16H25NO/c1-4-16(17-3)7-5-6-12-18-13-15-10-8-14(2)9-11-15/h8-11H,4-7,12-13H2,1-3H3. The van der Waals surface area contributed by atoms with E-state index in [0.717, 1.165) is 32.5 Å². The highest BCUT2D eigenvalue weighted by atomic mass is 16.5. The van der Waals surface area contributed by atoms with Gasteiger partial charge < -0.3 is 4.74 Å². The lowest BCUT2D eigenvalue weighted by Crippen LogP contribution is -1.99. The summed E-state index contributed by atoms with van der Waals surface area (Å²) in [7, 11) is 1.88. The minimum Gasteiger partial charge on any atom is -0.377 e. The fraction of sp³-hybridized carbons (Fsp3) is 0.562. The Labute approximate surface area is 111 Å². The van der Waals surface area contributed by atoms with E-state index in [9.17, 15) is 0 Å². The smallest absolute Gasteiger partial charge is 0.0716 e. The Hall–Kier alpha value is -1.15. The number of aryl methyl sites for hydroxylation is 1. The fourth-order valence-electron chi connectivity index (χ4n) is 1.85. The monoisotopic (exact) mass is 247 g/mol. The maximum Gasteiger partial charge on any atom is 0.0716 e. The molecule has 0 bridgehead atoms. The highest BCUT2D eigenvalue weighted by Crippen LogP contribution is 2.06. The van der Waals surface area contributed by atoms with Gasteiger partial charge in [-0.2, -0.15) is 0 Å². The molecule has 1 rings (SSSR count). The van der Waals surface area contributed by atoms with Gasteiger partial charge in [0.25, 0.3) is 0 Å². The third kappa shape index (κ3) is 5.97. The van der Waals surface area contributed by atoms with E-state index in [1.165, 1.54) is 23.3 Å². The van der Waals surface area contributed by atoms with Gasteiger partial charge in [-0.15, -0.1) is 0 Å². The summed E-state index contributed by atoms with van der Waals surface area (Å²) in [4.78, 5) is 4.26. The molecule has 0 unspecified atom stereocenters. The molecule has 0 aliphatic heterocycles. The Balaban J connectivity index is 2.07. The number of hydrogen-bond acceptors (Lipinski definition) is 2. The van der Waals surface area contributed by atoms with Crippen molar-refractivity contribution in [3.05, 3.63) is 35.4 Å². The molecule has 0 saturated carbocycles. The molecule has 0 spiro atoms. The van der Waals surface area contributed by atoms with Crippen molar-refractivity contribution in [2.45, 2.75) is 46.1 Å². The van der Waals surface area contributed by atoms with Gasteiger partial charge in [0.1, 0.15) is 0 Å². The van der Waals surface area contributed by atoms with Gasteiger partial charge in [0.2, 0.25) is 0 Å². The molecule has 0 atom stereocenters. The summed E-state index contributed by atoms with van der Waals surface area (Å²) in [6, 6.07) is 8.52. The van der Waals surface area contributed by atoms with E-state index in [1.807, 2.05) is 7.05 Å². The summed E-state index contributed by atoms with van der Waals surface area (Å²) in [5.74, 6) is 0. The zero-order chi connectivity index (χ0) is 13.2. The predicted octanol–water partition coefficient (Wildman–Crippen LogP) is 4.16. The second-order valence-electron chi connectivity index (χ2n) is 4.64. The van der Waals surface area contributed by atoms with Crippen LogP contribution in [0.15, 0.2) is 29.3 Å². The molecule has 0 radical (unpaired) electrons. The third-order valence-electron chi connectivity index (χ3n) is 3.12. The van der Waals surface area contributed by atoms with Crippen molar-refractivity contribution in [2.24, 2.45) is 4.99 Å². The van der Waals surface area contributed by atoms with Gasteiger partial charge in [-0.25, -0.2) is 0 Å². The largest absolute Gasteiger partial charge is 0.377 e. The summed E-state index contributed by atoms with van der Waals surface area (Å²) in [6.07, 6.45) is 4.47. The van der Waals surface area contributed by atoms with E-state index in [2.05, 4.69) is 43.1 Å². The molecule has 0 fully saturated rings. The lowest BCUT2D eigenvalue weighted by Gasteiger charge is -2.05. The SMILES string of the molecule is CCC(CCCCOCc1ccc(C)cc1)=NC. The van der Waals surface area contributed by atoms with Crippen LogP contribution < -0.4 is 0 Å². The van der Waals surface area contributed by atoms with Crippen LogP contribution >= 0.6 is 0 Å². The van der Waals surface area contributed by atoms with Crippen molar-refractivity contribution in [3.8, 4) is 0 Å². The average molecular weight is 247 g/mol. The fourth-order valence-corrected chi connectivity index (χ4v) is 1.85. The minimum absolute atomic E-state index is 0.725. The van der Waals surface area contributed by atoms with Crippen LogP contribution in [0.5, 0.6) is 0 Å². The Morgan fingerprint density at radius 3 is 2.50 bits per heavy atom. The summed E-state index contributed by atoms with van der Waals surface area (Å²) >= 11 is 0. The molecule has 2 heteroatoms. The molecule has 0 saturated heterocycles. The van der Waals surface area contributed by atoms with Crippen molar-refractivity contribution in [3.63, 3.8) is 0 Å². The second-order valence-corrected chi connectivity index (χ2v) is 4.64. The van der Waals surface area contributed by atoms with Crippen molar-refractivity contribution < 1.29 is 4.74 Å². The number of hydrogen-bond donors (Lipinski definition) is 0. The summed E-state index contributed by atoms with van der Waals surface area (Å²) < 4.78 is 5.67. The molecule has 0 amide bonds. The molecule has 0 heterocycles. The lowest BCUT2D eigenvalue weighted by atomic mass is 10.1. The molecule has 0 aliphatic rings. The van der Waals surface area contributed by atoms with Gasteiger partial charge in [0, 0.05) is 19.4 Å². The Bertz CT molecular complexity index is 354. The third-order valence-corrected chi connectivity index (χ3v) is 3.12. The molecule has 18 heavy (non-hydrogen) atoms. The second kappa shape index (κ2) is 8.87. The van der Waals surface area contributed by atoms with Gasteiger partial charge in [-0.05, 0) is 38.2 Å². The molecular weight excluding hydrogens is 222 g/mol. The zero-order valence-electron chi connectivity index (χ0n) is 11.9. The van der Waals surface area contributed by atoms with Gasteiger partial charge in [-0.3, -0.25) is 4.99 Å². The molecule has 0 N–H and O–H groups in total. The summed E-state index contributed by atoms with van der Waals surface area (Å²) in [6.45, 7) is 5.83. The van der Waals surface area contributed by atoms with E-state index < -0.39 is 0 Å². The molecule has 100 valence electrons. The first kappa shape index (κ1) is 14.9. The van der Waals surface area contributed by atoms with Crippen molar-refractivity contribution in [1.29, 1.82) is 0 Å². The van der Waals surface area contributed by atoms with E-state index in [4.69, 9.17) is 4.74 Å². The lowest BCUT2D eigenvalue weighted by molar-refractivity contribution is 0.117. The van der Waals surface area contributed by atoms with Gasteiger partial charge in [0.15, 0.2) is 0 Å². The molecule has 0 aromatic heterocycles. The molecule has 1 aromatic rings. The first-order valence-corrected chi connectivity index (χ1v) is 6.84. The van der Waals surface area contributed by atoms with Crippen LogP contribution in [0.2, 0.25) is 0 Å². The van der Waals surface area contributed by atoms with Crippen LogP contribution in [0.3, 0.4) is 0 Å². The Kier molecular flexibility index (Phi) is 7.35. The number of benzene rings is 1. The molecular formula is C16H25NO. The van der Waals surface area contributed by atoms with Crippen molar-refractivity contribution >= 4 is 5.71 Å². The van der Waals surface area contributed by atoms with Gasteiger partial charge in [0.05, 0.1) is 6.61 Å². The van der Waals surface area contributed by atoms with Crippen LogP contribution in [0.1, 0.15) is 43.7 Å². The number of rotatable bonds is 8. The van der Waals surface area contributed by atoms with Gasteiger partial charge >= 0.3 is 0 Å². The number of nitrogens with zero attached hydrogens (tertiary/aromatic N) is 1. The Morgan fingerprint density at radius 1 is 1.17 bits per heavy atom. The molecule has 2 nitrogen and oxygen atoms in total. The summed E-state index contributed by atoms with van der Waals surface area (Å²) in [5, 5.41) is 0. The molecule has 1 aromatic carbocycles. The van der Waals surface area contributed by atoms with Crippen LogP contribution in [-0.2, 0) is 11.3 Å². The van der Waals surface area contributed by atoms with Crippen molar-refractivity contribution in [1.82, 2.24) is 0 Å². The minimum atomic E-state index is 0.725. The normalized spacial score (nSPS) is 11.8. The van der Waals surface area contributed by atoms with Gasteiger partial charge in [-0.1, -0.05) is 36.8 Å². The quantitative estimate of drug-likeness (QED) is 0.499. The van der Waals surface area contributed by atoms with Crippen LogP contribution in [0.25, 0.3) is 0 Å². The Morgan fingerprint density at radius 2 is 1.89 bits per heavy atom. The predicted molar refractivity (Wildman–Crippen MR) is 78.3 cm³/mol. The van der Waals surface area contributed by atoms with Crippen LogP contribution in [-0.4, -0.2) is 19.4 Å². The highest BCUT2D eigenvalue weighted by Gasteiger charge is 1.96. The van der Waals surface area contributed by atoms with E-state index in [1.54, 1.807) is 0 Å². The van der Waals surface area contributed by atoms with E-state index >= 15 is 0 Å². The summed E-state index contributed by atoms with van der Waals surface area (Å²) in [5.41, 5.74) is 3.86. The van der Waals surface area contributed by atoms with Crippen LogP contribution in [0.4, 0.5) is 0 Å². The topological polar surface area (TPSA) is 21.6 Å². The van der Waals surface area contributed by atoms with Crippen LogP contribution in [0, 0.1) is 6.92 Å². The average Bonchev–Trinajstić information content (AvgIpc) is 2.40. The van der Waals surface area contributed by atoms with E-state index in [0.29, 0.717) is 0 Å². The van der Waals surface area contributed by atoms with Crippen molar-refractivity contribution in [2.75, 3.05) is 13.7 Å².